The van der Waals surface area contributed by atoms with E-state index in [-0.39, 0.29) is 5.78 Å². The second kappa shape index (κ2) is 5.23. The van der Waals surface area contributed by atoms with Crippen LogP contribution in [0.5, 0.6) is 0 Å². The van der Waals surface area contributed by atoms with Crippen molar-refractivity contribution in [3.8, 4) is 0 Å². The van der Waals surface area contributed by atoms with E-state index in [0.29, 0.717) is 17.6 Å². The summed E-state index contributed by atoms with van der Waals surface area (Å²) in [5.41, 5.74) is 0.854. The van der Waals surface area contributed by atoms with Gasteiger partial charge in [-0.1, -0.05) is 0 Å². The number of carbonyl (C=O) groups is 2. The zero-order valence-corrected chi connectivity index (χ0v) is 9.90. The monoisotopic (exact) mass is 228 g/mol. The van der Waals surface area contributed by atoms with Gasteiger partial charge in [-0.15, -0.1) is 0 Å². The largest absolute Gasteiger partial charge is 0.466 e. The van der Waals surface area contributed by atoms with E-state index in [4.69, 9.17) is 9.47 Å². The summed E-state index contributed by atoms with van der Waals surface area (Å²) in [4.78, 5) is 23.3. The van der Waals surface area contributed by atoms with Gasteiger partial charge in [0.2, 0.25) is 0 Å². The maximum Gasteiger partial charge on any atom is 0.334 e. The lowest BCUT2D eigenvalue weighted by Gasteiger charge is -2.19. The smallest absolute Gasteiger partial charge is 0.334 e. The summed E-state index contributed by atoms with van der Waals surface area (Å²) in [7, 11) is 4.23. The molecule has 0 aliphatic heterocycles. The molecule has 1 aliphatic carbocycles. The minimum absolute atomic E-state index is 0.117. The molecule has 0 unspecified atom stereocenters. The fraction of sp³-hybridized carbons (Fsp3) is 0.636. The lowest BCUT2D eigenvalue weighted by Crippen LogP contribution is -2.29. The van der Waals surface area contributed by atoms with E-state index in [0.717, 1.165) is 0 Å². The van der Waals surface area contributed by atoms with Gasteiger partial charge in [-0.05, 0) is 13.3 Å². The Morgan fingerprint density at radius 3 is 2.31 bits per heavy atom. The van der Waals surface area contributed by atoms with Crippen LogP contribution in [0.3, 0.4) is 0 Å². The highest BCUT2D eigenvalue weighted by atomic mass is 16.7. The first kappa shape index (κ1) is 12.9. The molecule has 0 fully saturated rings. The number of hydrogen-bond donors (Lipinski definition) is 0. The molecule has 0 aromatic rings. The van der Waals surface area contributed by atoms with E-state index in [9.17, 15) is 9.59 Å². The van der Waals surface area contributed by atoms with E-state index >= 15 is 0 Å². The molecule has 5 nitrogen and oxygen atoms in total. The predicted molar refractivity (Wildman–Crippen MR) is 55.6 cm³/mol. The number of allylic oxidation sites excluding steroid dienone is 1. The number of hydrogen-bond acceptors (Lipinski definition) is 5. The lowest BCUT2D eigenvalue weighted by atomic mass is 10.0. The number of ether oxygens (including phenoxy) is 3. The Hall–Kier alpha value is -1.20. The molecule has 1 rings (SSSR count). The van der Waals surface area contributed by atoms with E-state index in [1.54, 1.807) is 6.92 Å². The third kappa shape index (κ3) is 2.15. The molecular weight excluding hydrogens is 212 g/mol. The van der Waals surface area contributed by atoms with Gasteiger partial charge in [-0.2, -0.15) is 0 Å². The van der Waals surface area contributed by atoms with Crippen LogP contribution < -0.4 is 0 Å². The van der Waals surface area contributed by atoms with Crippen molar-refractivity contribution in [3.63, 3.8) is 0 Å². The zero-order chi connectivity index (χ0) is 12.3. The van der Waals surface area contributed by atoms with Crippen LogP contribution in [0, 0.1) is 5.92 Å². The topological polar surface area (TPSA) is 61.8 Å². The summed E-state index contributed by atoms with van der Waals surface area (Å²) < 4.78 is 14.7. The molecule has 5 heteroatoms. The van der Waals surface area contributed by atoms with Gasteiger partial charge in [0, 0.05) is 25.4 Å². The molecule has 1 aliphatic rings. The standard InChI is InChI=1S/C11H16O5/c1-6-7(10(13)14-2)5-8(9(6)12)11(15-3)16-4/h8,11H,5H2,1-4H3/t8-/m0/s1. The summed E-state index contributed by atoms with van der Waals surface area (Å²) in [6, 6.07) is 0. The van der Waals surface area contributed by atoms with Crippen LogP contribution in [0.15, 0.2) is 11.1 Å². The average molecular weight is 228 g/mol. The summed E-state index contributed by atoms with van der Waals surface area (Å²) in [6.45, 7) is 1.62. The molecule has 0 bridgehead atoms. The Morgan fingerprint density at radius 1 is 1.31 bits per heavy atom. The maximum absolute atomic E-state index is 11.9. The first-order chi connectivity index (χ1) is 7.56. The highest BCUT2D eigenvalue weighted by molar-refractivity contribution is 6.08. The van der Waals surface area contributed by atoms with Crippen molar-refractivity contribution in [2.75, 3.05) is 21.3 Å². The minimum atomic E-state index is -0.621. The van der Waals surface area contributed by atoms with Gasteiger partial charge in [0.15, 0.2) is 12.1 Å². The van der Waals surface area contributed by atoms with Gasteiger partial charge in [-0.25, -0.2) is 4.79 Å². The van der Waals surface area contributed by atoms with Gasteiger partial charge < -0.3 is 14.2 Å². The minimum Gasteiger partial charge on any atom is -0.466 e. The summed E-state index contributed by atoms with van der Waals surface area (Å²) >= 11 is 0. The summed E-state index contributed by atoms with van der Waals surface area (Å²) in [5.74, 6) is -1.03. The van der Waals surface area contributed by atoms with Crippen molar-refractivity contribution in [1.29, 1.82) is 0 Å². The third-order valence-electron chi connectivity index (χ3n) is 2.81. The second-order valence-corrected chi connectivity index (χ2v) is 3.61. The third-order valence-corrected chi connectivity index (χ3v) is 2.81. The van der Waals surface area contributed by atoms with Gasteiger partial charge in [0.25, 0.3) is 0 Å². The van der Waals surface area contributed by atoms with Gasteiger partial charge in [0.1, 0.15) is 0 Å². The maximum atomic E-state index is 11.9. The zero-order valence-electron chi connectivity index (χ0n) is 9.90. The van der Waals surface area contributed by atoms with Crippen LogP contribution in [-0.2, 0) is 23.8 Å². The Bertz CT molecular complexity index is 327. The molecule has 0 aromatic heterocycles. The number of carbonyl (C=O) groups excluding carboxylic acids is 2. The molecule has 90 valence electrons. The quantitative estimate of drug-likeness (QED) is 0.523. The molecule has 0 heterocycles. The summed E-state index contributed by atoms with van der Waals surface area (Å²) in [5, 5.41) is 0. The Kier molecular flexibility index (Phi) is 4.20. The predicted octanol–water partition coefficient (Wildman–Crippen LogP) is 0.684. The highest BCUT2D eigenvalue weighted by Crippen LogP contribution is 2.32. The van der Waals surface area contributed by atoms with Crippen LogP contribution in [0.4, 0.5) is 0 Å². The molecule has 0 N–H and O–H groups in total. The number of Topliss-reactive ketones (excluding diaryl/α,β-unsaturated/α-hetero) is 1. The number of esters is 1. The normalized spacial score (nSPS) is 20.8. The van der Waals surface area contributed by atoms with E-state index in [2.05, 4.69) is 4.74 Å². The van der Waals surface area contributed by atoms with Crippen LogP contribution >= 0.6 is 0 Å². The SMILES string of the molecule is COC(=O)C1=C(C)C(=O)[C@@H](C(OC)OC)C1. The highest BCUT2D eigenvalue weighted by Gasteiger charge is 2.39. The molecule has 16 heavy (non-hydrogen) atoms. The molecule has 0 aromatic carbocycles. The molecular formula is C11H16O5. The van der Waals surface area contributed by atoms with Gasteiger partial charge >= 0.3 is 5.97 Å². The van der Waals surface area contributed by atoms with Crippen molar-refractivity contribution in [3.05, 3.63) is 11.1 Å². The fourth-order valence-corrected chi connectivity index (χ4v) is 1.90. The molecule has 0 amide bonds. The van der Waals surface area contributed by atoms with Crippen LogP contribution in [0.1, 0.15) is 13.3 Å². The Labute approximate surface area is 94.4 Å². The molecule has 0 spiro atoms. The van der Waals surface area contributed by atoms with Crippen molar-refractivity contribution in [2.24, 2.45) is 5.92 Å². The van der Waals surface area contributed by atoms with Crippen LogP contribution in [-0.4, -0.2) is 39.4 Å². The van der Waals surface area contributed by atoms with Gasteiger partial charge in [0.05, 0.1) is 13.0 Å². The molecule has 0 saturated carbocycles. The Balaban J connectivity index is 2.88. The van der Waals surface area contributed by atoms with Crippen LogP contribution in [0.2, 0.25) is 0 Å². The molecule has 0 radical (unpaired) electrons. The summed E-state index contributed by atoms with van der Waals surface area (Å²) in [6.07, 6.45) is -0.312. The van der Waals surface area contributed by atoms with Gasteiger partial charge in [-0.3, -0.25) is 4.79 Å². The van der Waals surface area contributed by atoms with E-state index in [1.807, 2.05) is 0 Å². The fourth-order valence-electron chi connectivity index (χ4n) is 1.90. The van der Waals surface area contributed by atoms with Crippen molar-refractivity contribution in [2.45, 2.75) is 19.6 Å². The first-order valence-corrected chi connectivity index (χ1v) is 4.94. The van der Waals surface area contributed by atoms with Crippen molar-refractivity contribution >= 4 is 11.8 Å². The number of rotatable bonds is 4. The average Bonchev–Trinajstić information content (AvgIpc) is 2.58. The van der Waals surface area contributed by atoms with E-state index < -0.39 is 18.2 Å². The van der Waals surface area contributed by atoms with Crippen molar-refractivity contribution < 1.29 is 23.8 Å². The second-order valence-electron chi connectivity index (χ2n) is 3.61. The molecule has 1 atom stereocenters. The number of methoxy groups -OCH3 is 3. The number of ketones is 1. The first-order valence-electron chi connectivity index (χ1n) is 4.94. The lowest BCUT2D eigenvalue weighted by molar-refractivity contribution is -0.152. The van der Waals surface area contributed by atoms with Crippen molar-refractivity contribution in [1.82, 2.24) is 0 Å². The van der Waals surface area contributed by atoms with Crippen LogP contribution in [0.25, 0.3) is 0 Å². The van der Waals surface area contributed by atoms with E-state index in [1.165, 1.54) is 21.3 Å². The Morgan fingerprint density at radius 2 is 1.88 bits per heavy atom. The molecule has 0 saturated heterocycles.